The van der Waals surface area contributed by atoms with Gasteiger partial charge in [0.25, 0.3) is 0 Å². The highest BCUT2D eigenvalue weighted by Crippen LogP contribution is 2.30. The van der Waals surface area contributed by atoms with Crippen LogP contribution in [0.3, 0.4) is 0 Å². The first-order valence-electron chi connectivity index (χ1n) is 13.1. The van der Waals surface area contributed by atoms with Crippen LogP contribution in [0, 0.1) is 11.7 Å². The summed E-state index contributed by atoms with van der Waals surface area (Å²) in [5, 5.41) is 0.823. The number of sulfonamides is 1. The number of carbonyl (C=O) groups excluding carboxylic acids is 1. The molecule has 2 saturated heterocycles. The Morgan fingerprint density at radius 3 is 2.26 bits per heavy atom. The zero-order chi connectivity index (χ0) is 28.2. The molecule has 39 heavy (non-hydrogen) atoms. The summed E-state index contributed by atoms with van der Waals surface area (Å²) < 4.78 is 51.3. The molecule has 2 aliphatic heterocycles. The second-order valence-corrected chi connectivity index (χ2v) is 14.7. The zero-order valence-electron chi connectivity index (χ0n) is 21.9. The van der Waals surface area contributed by atoms with Gasteiger partial charge in [0.2, 0.25) is 15.9 Å². The van der Waals surface area contributed by atoms with Crippen molar-refractivity contribution in [2.75, 3.05) is 50.4 Å². The summed E-state index contributed by atoms with van der Waals surface area (Å²) in [6.07, 6.45) is 4.46. The smallest absolute Gasteiger partial charge is 0.230 e. The van der Waals surface area contributed by atoms with Crippen molar-refractivity contribution >= 4 is 56.0 Å². The van der Waals surface area contributed by atoms with Crippen molar-refractivity contribution in [1.82, 2.24) is 9.21 Å². The maximum absolute atomic E-state index is 13.6. The van der Waals surface area contributed by atoms with Crippen LogP contribution in [0.5, 0.6) is 0 Å². The van der Waals surface area contributed by atoms with Gasteiger partial charge < -0.3 is 14.4 Å². The van der Waals surface area contributed by atoms with E-state index in [1.54, 1.807) is 35.2 Å². The van der Waals surface area contributed by atoms with Crippen molar-refractivity contribution in [3.63, 3.8) is 0 Å². The lowest BCUT2D eigenvalue weighted by molar-refractivity contribution is -0.123. The number of carbonyl (C=O) groups is 1. The van der Waals surface area contributed by atoms with E-state index < -0.39 is 21.2 Å². The monoisotopic (exact) mass is 617 g/mol. The van der Waals surface area contributed by atoms with Crippen molar-refractivity contribution in [1.29, 1.82) is 0 Å². The van der Waals surface area contributed by atoms with Crippen molar-refractivity contribution in [3.05, 3.63) is 58.3 Å². The van der Waals surface area contributed by atoms with Crippen molar-refractivity contribution in [2.24, 2.45) is 5.92 Å². The fourth-order valence-corrected chi connectivity index (χ4v) is 7.83. The minimum atomic E-state index is -3.27. The van der Waals surface area contributed by atoms with Crippen LogP contribution in [0.4, 0.5) is 10.1 Å². The number of rotatable bonds is 9. The summed E-state index contributed by atoms with van der Waals surface area (Å²) in [6, 6.07) is 11.0. The Kier molecular flexibility index (Phi) is 10.6. The van der Waals surface area contributed by atoms with Crippen molar-refractivity contribution in [3.8, 4) is 0 Å². The molecule has 2 fully saturated rings. The van der Waals surface area contributed by atoms with Crippen LogP contribution < -0.4 is 4.90 Å². The number of benzene rings is 2. The highest BCUT2D eigenvalue weighted by atomic mass is 35.5. The van der Waals surface area contributed by atoms with Gasteiger partial charge in [0, 0.05) is 57.2 Å². The lowest BCUT2D eigenvalue weighted by Gasteiger charge is -2.35. The van der Waals surface area contributed by atoms with E-state index in [0.29, 0.717) is 53.1 Å². The molecule has 2 aliphatic rings. The molecule has 0 spiro atoms. The van der Waals surface area contributed by atoms with Crippen molar-refractivity contribution < 1.29 is 22.2 Å². The van der Waals surface area contributed by atoms with Gasteiger partial charge in [0.05, 0.1) is 16.3 Å². The Morgan fingerprint density at radius 1 is 1.03 bits per heavy atom. The lowest BCUT2D eigenvalue weighted by Crippen LogP contribution is -2.45. The van der Waals surface area contributed by atoms with Gasteiger partial charge in [-0.15, -0.1) is 0 Å². The third-order valence-electron chi connectivity index (χ3n) is 7.49. The standard InChI is InChI=1S/C27H34Cl2FN3O4S2/c1-39(36,37)32-17-9-20(10-18-32)27(34)33(22-5-8-25(28)26(29)19-22)14-2-13-31-15-11-24(12-16-31)38(35)23-6-3-21(30)4-7-23/h3-8,19-20,24H,2,9-18H2,1H3. The second kappa shape index (κ2) is 13.5. The van der Waals surface area contributed by atoms with E-state index in [0.717, 1.165) is 38.9 Å². The molecule has 4 rings (SSSR count). The molecule has 2 aromatic carbocycles. The molecule has 0 saturated carbocycles. The fraction of sp³-hybridized carbons (Fsp3) is 0.519. The van der Waals surface area contributed by atoms with Crippen LogP contribution in [-0.2, 0) is 26.0 Å². The number of nitrogens with zero attached hydrogens (tertiary/aromatic N) is 3. The molecule has 0 bridgehead atoms. The summed E-state index contributed by atoms with van der Waals surface area (Å²) >= 11 is 11.2. The van der Waals surface area contributed by atoms with Gasteiger partial charge in [-0.2, -0.15) is 0 Å². The van der Waals surface area contributed by atoms with Gasteiger partial charge >= 0.3 is 0 Å². The number of piperidine rings is 2. The zero-order valence-corrected chi connectivity index (χ0v) is 25.0. The molecule has 0 aliphatic carbocycles. The maximum atomic E-state index is 13.6. The van der Waals surface area contributed by atoms with Crippen molar-refractivity contribution in [2.45, 2.75) is 42.2 Å². The summed E-state index contributed by atoms with van der Waals surface area (Å²) in [4.78, 5) is 18.3. The highest BCUT2D eigenvalue weighted by Gasteiger charge is 2.33. The number of amides is 1. The molecule has 12 heteroatoms. The third-order valence-corrected chi connectivity index (χ3v) is 11.3. The van der Waals surface area contributed by atoms with Gasteiger partial charge in [0.15, 0.2) is 4.90 Å². The first-order chi connectivity index (χ1) is 18.5. The van der Waals surface area contributed by atoms with E-state index in [9.17, 15) is 22.2 Å². The molecular formula is C27H34Cl2FN3O4S2. The molecule has 7 nitrogen and oxygen atoms in total. The predicted octanol–water partition coefficient (Wildman–Crippen LogP) is 4.80. The van der Waals surface area contributed by atoms with Crippen LogP contribution >= 0.6 is 23.2 Å². The maximum Gasteiger partial charge on any atom is 0.230 e. The summed E-state index contributed by atoms with van der Waals surface area (Å²) in [5.74, 6) is -0.636. The Hall–Kier alpha value is -1.40. The van der Waals surface area contributed by atoms with E-state index in [4.69, 9.17) is 23.2 Å². The van der Waals surface area contributed by atoms with E-state index >= 15 is 0 Å². The Morgan fingerprint density at radius 2 is 1.67 bits per heavy atom. The molecule has 1 unspecified atom stereocenters. The average molecular weight is 619 g/mol. The van der Waals surface area contributed by atoms with Gasteiger partial charge in [-0.25, -0.2) is 17.1 Å². The van der Waals surface area contributed by atoms with Gasteiger partial charge in [-0.1, -0.05) is 23.2 Å². The van der Waals surface area contributed by atoms with Gasteiger partial charge in [0.1, 0.15) is 11.1 Å². The number of halogens is 3. The molecule has 2 heterocycles. The predicted molar refractivity (Wildman–Crippen MR) is 155 cm³/mol. The average Bonchev–Trinajstić information content (AvgIpc) is 2.92. The Bertz CT molecular complexity index is 1240. The minimum absolute atomic E-state index is 0.0325. The number of hydrogen-bond donors (Lipinski definition) is 0. The van der Waals surface area contributed by atoms with Crippen LogP contribution in [0.25, 0.3) is 0 Å². The van der Waals surface area contributed by atoms with Gasteiger partial charge in [-0.3, -0.25) is 4.79 Å². The van der Waals surface area contributed by atoms with Crippen LogP contribution in [0.1, 0.15) is 32.1 Å². The molecule has 214 valence electrons. The topological polar surface area (TPSA) is 84.0 Å². The number of likely N-dealkylation sites (tertiary alicyclic amines) is 1. The van der Waals surface area contributed by atoms with Crippen LogP contribution in [-0.4, -0.2) is 78.9 Å². The first-order valence-corrected chi connectivity index (χ1v) is 16.9. The summed E-state index contributed by atoms with van der Waals surface area (Å²) in [5.41, 5.74) is 0.674. The molecule has 0 N–H and O–H groups in total. The van der Waals surface area contributed by atoms with E-state index in [2.05, 4.69) is 4.90 Å². The molecule has 1 amide bonds. The second-order valence-electron chi connectivity index (χ2n) is 10.2. The molecule has 1 atom stereocenters. The number of hydrogen-bond acceptors (Lipinski definition) is 5. The lowest BCUT2D eigenvalue weighted by atomic mass is 9.96. The molecule has 0 radical (unpaired) electrons. The van der Waals surface area contributed by atoms with Crippen LogP contribution in [0.2, 0.25) is 10.0 Å². The summed E-state index contributed by atoms with van der Waals surface area (Å²) in [7, 11) is -3.27. The minimum Gasteiger partial charge on any atom is -0.611 e. The Labute approximate surface area is 243 Å². The molecular weight excluding hydrogens is 584 g/mol. The van der Waals surface area contributed by atoms with E-state index in [1.807, 2.05) is 0 Å². The molecule has 2 aromatic rings. The third kappa shape index (κ3) is 8.09. The van der Waals surface area contributed by atoms with E-state index in [1.165, 1.54) is 22.7 Å². The quantitative estimate of drug-likeness (QED) is 0.377. The highest BCUT2D eigenvalue weighted by molar-refractivity contribution is 7.92. The fourth-order valence-electron chi connectivity index (χ4n) is 5.23. The normalized spacial score (nSPS) is 19.2. The van der Waals surface area contributed by atoms with Gasteiger partial charge in [-0.05, 0) is 79.4 Å². The first kappa shape index (κ1) is 30.6. The number of anilines is 1. The molecule has 0 aromatic heterocycles. The Balaban J connectivity index is 1.33. The SMILES string of the molecule is CS(=O)(=O)N1CCC(C(=O)N(CCCN2CCC([S+]([O-])c3ccc(F)cc3)CC2)c2ccc(Cl)c(Cl)c2)CC1. The summed E-state index contributed by atoms with van der Waals surface area (Å²) in [6.45, 7) is 3.56. The van der Waals surface area contributed by atoms with Crippen LogP contribution in [0.15, 0.2) is 47.4 Å². The van der Waals surface area contributed by atoms with E-state index in [-0.39, 0.29) is 22.9 Å². The largest absolute Gasteiger partial charge is 0.611 e.